The number of benzene rings is 2. The monoisotopic (exact) mass is 502 g/mol. The van der Waals surface area contributed by atoms with Crippen LogP contribution in [0, 0.1) is 20.8 Å². The molecule has 1 N–H and O–H groups in total. The van der Waals surface area contributed by atoms with Gasteiger partial charge in [-0.05, 0) is 67.1 Å². The molecule has 1 heterocycles. The van der Waals surface area contributed by atoms with Crippen LogP contribution in [0.15, 0.2) is 58.8 Å². The van der Waals surface area contributed by atoms with E-state index in [2.05, 4.69) is 35.6 Å². The van der Waals surface area contributed by atoms with Gasteiger partial charge in [0.25, 0.3) is 0 Å². The first kappa shape index (κ1) is 26.4. The van der Waals surface area contributed by atoms with E-state index in [1.807, 2.05) is 36.6 Å². The van der Waals surface area contributed by atoms with Crippen LogP contribution in [-0.2, 0) is 19.5 Å². The van der Waals surface area contributed by atoms with Crippen LogP contribution in [0.25, 0.3) is 0 Å². The van der Waals surface area contributed by atoms with Crippen molar-refractivity contribution >= 4 is 27.0 Å². The van der Waals surface area contributed by atoms with Crippen LogP contribution in [0.2, 0.25) is 0 Å². The fraction of sp³-hybridized carbons (Fsp3) is 0.385. The van der Waals surface area contributed by atoms with Crippen molar-refractivity contribution < 1.29 is 17.9 Å². The van der Waals surface area contributed by atoms with Gasteiger partial charge in [0, 0.05) is 37.9 Å². The summed E-state index contributed by atoms with van der Waals surface area (Å²) in [6.07, 6.45) is 0. The highest BCUT2D eigenvalue weighted by atomic mass is 32.2. The first-order valence-electron chi connectivity index (χ1n) is 11.2. The zero-order valence-corrected chi connectivity index (χ0v) is 22.1. The van der Waals surface area contributed by atoms with E-state index in [-0.39, 0.29) is 4.90 Å². The summed E-state index contributed by atoms with van der Waals surface area (Å²) in [6, 6.07) is 14.5. The molecule has 1 atom stereocenters. The van der Waals surface area contributed by atoms with Gasteiger partial charge >= 0.3 is 0 Å². The molecule has 0 bridgehead atoms. The van der Waals surface area contributed by atoms with E-state index in [4.69, 9.17) is 9.47 Å². The third-order valence-electron chi connectivity index (χ3n) is 5.86. The van der Waals surface area contributed by atoms with E-state index in [0.29, 0.717) is 26.3 Å². The van der Waals surface area contributed by atoms with Crippen LogP contribution in [0.1, 0.15) is 33.2 Å². The Morgan fingerprint density at radius 1 is 0.941 bits per heavy atom. The number of nitrogens with one attached hydrogen (secondary N) is 1. The zero-order valence-electron chi connectivity index (χ0n) is 20.5. The Morgan fingerprint density at radius 3 is 2.12 bits per heavy atom. The number of ether oxygens (including phenoxy) is 2. The number of sulfonamides is 1. The zero-order chi connectivity index (χ0) is 24.7. The molecule has 34 heavy (non-hydrogen) atoms. The lowest BCUT2D eigenvalue weighted by atomic mass is 9.97. The quantitative estimate of drug-likeness (QED) is 0.384. The van der Waals surface area contributed by atoms with Gasteiger partial charge in [-0.3, -0.25) is 0 Å². The van der Waals surface area contributed by atoms with E-state index in [9.17, 15) is 8.42 Å². The molecule has 0 radical (unpaired) electrons. The van der Waals surface area contributed by atoms with Gasteiger partial charge in [-0.2, -0.15) is 4.72 Å². The highest BCUT2D eigenvalue weighted by Gasteiger charge is 2.27. The lowest BCUT2D eigenvalue weighted by Crippen LogP contribution is -2.34. The van der Waals surface area contributed by atoms with Crippen molar-refractivity contribution in [1.29, 1.82) is 0 Å². The summed E-state index contributed by atoms with van der Waals surface area (Å²) in [4.78, 5) is 3.38. The molecule has 3 rings (SSSR count). The van der Waals surface area contributed by atoms with E-state index in [1.165, 1.54) is 11.3 Å². The topological polar surface area (TPSA) is 67.9 Å². The Morgan fingerprint density at radius 2 is 1.56 bits per heavy atom. The fourth-order valence-corrected chi connectivity index (χ4v) is 5.82. The Balaban J connectivity index is 2.12. The lowest BCUT2D eigenvalue weighted by Gasteiger charge is -2.30. The van der Waals surface area contributed by atoms with Crippen molar-refractivity contribution in [1.82, 2.24) is 4.72 Å². The first-order chi connectivity index (χ1) is 16.3. The van der Waals surface area contributed by atoms with Gasteiger partial charge in [0.1, 0.15) is 0 Å². The summed E-state index contributed by atoms with van der Waals surface area (Å²) in [6.45, 7) is 8.49. The number of nitrogens with zero attached hydrogens (tertiary/aromatic N) is 1. The molecule has 0 amide bonds. The van der Waals surface area contributed by atoms with E-state index < -0.39 is 16.1 Å². The van der Waals surface area contributed by atoms with Crippen molar-refractivity contribution in [2.24, 2.45) is 0 Å². The molecule has 6 nitrogen and oxygen atoms in total. The Kier molecular flexibility index (Phi) is 9.27. The van der Waals surface area contributed by atoms with Gasteiger partial charge in [0.05, 0.1) is 24.2 Å². The Hall–Kier alpha value is -2.23. The summed E-state index contributed by atoms with van der Waals surface area (Å²) in [5.41, 5.74) is 5.14. The van der Waals surface area contributed by atoms with Crippen molar-refractivity contribution in [2.45, 2.75) is 31.7 Å². The molecule has 0 saturated carbocycles. The molecule has 1 aromatic heterocycles. The van der Waals surface area contributed by atoms with Crippen LogP contribution in [0.3, 0.4) is 0 Å². The molecular formula is C26H34N2O4S2. The smallest absolute Gasteiger partial charge is 0.241 e. The number of hydrogen-bond acceptors (Lipinski definition) is 6. The van der Waals surface area contributed by atoms with Crippen molar-refractivity contribution in [3.63, 3.8) is 0 Å². The molecule has 184 valence electrons. The summed E-state index contributed by atoms with van der Waals surface area (Å²) < 4.78 is 40.6. The molecule has 2 aromatic carbocycles. The highest BCUT2D eigenvalue weighted by Crippen LogP contribution is 2.36. The second-order valence-electron chi connectivity index (χ2n) is 8.35. The number of hydrogen-bond donors (Lipinski definition) is 1. The van der Waals surface area contributed by atoms with Gasteiger partial charge in [-0.25, -0.2) is 8.42 Å². The predicted molar refractivity (Wildman–Crippen MR) is 140 cm³/mol. The number of anilines is 1. The van der Waals surface area contributed by atoms with Crippen molar-refractivity contribution in [2.75, 3.05) is 45.4 Å². The molecule has 8 heteroatoms. The summed E-state index contributed by atoms with van der Waals surface area (Å²) in [5, 5.41) is 1.97. The minimum Gasteiger partial charge on any atom is -0.383 e. The first-order valence-corrected chi connectivity index (χ1v) is 13.6. The molecule has 0 saturated heterocycles. The number of methoxy groups -OCH3 is 2. The van der Waals surface area contributed by atoms with Gasteiger partial charge in [-0.1, -0.05) is 29.8 Å². The predicted octanol–water partition coefficient (Wildman–Crippen LogP) is 4.84. The molecule has 1 unspecified atom stereocenters. The Bertz CT molecular complexity index is 1150. The third kappa shape index (κ3) is 6.46. The van der Waals surface area contributed by atoms with Crippen LogP contribution < -0.4 is 9.62 Å². The van der Waals surface area contributed by atoms with Gasteiger partial charge < -0.3 is 14.4 Å². The second-order valence-corrected chi connectivity index (χ2v) is 11.0. The maximum Gasteiger partial charge on any atom is 0.241 e. The standard InChI is InChI=1S/C26H34N2O4S2/c1-19-8-10-22(11-9-19)34(29,30)27-26(25-7-6-16-33-25)23-17-20(2)21(3)18-24(23)28(12-14-31-4)13-15-32-5/h6-11,16-18,26-27H,12-15H2,1-5H3. The van der Waals surface area contributed by atoms with E-state index in [1.54, 1.807) is 26.4 Å². The molecule has 0 fully saturated rings. The van der Waals surface area contributed by atoms with E-state index in [0.717, 1.165) is 32.8 Å². The number of thiophene rings is 1. The van der Waals surface area contributed by atoms with Crippen molar-refractivity contribution in [3.8, 4) is 0 Å². The molecule has 0 spiro atoms. The normalized spacial score (nSPS) is 12.6. The largest absolute Gasteiger partial charge is 0.383 e. The number of aryl methyl sites for hydroxylation is 3. The fourth-order valence-electron chi connectivity index (χ4n) is 3.75. The molecule has 3 aromatic rings. The highest BCUT2D eigenvalue weighted by molar-refractivity contribution is 7.89. The molecular weight excluding hydrogens is 468 g/mol. The molecule has 0 aliphatic carbocycles. The van der Waals surface area contributed by atoms with Crippen LogP contribution in [-0.4, -0.2) is 48.9 Å². The molecule has 0 aliphatic rings. The average molecular weight is 503 g/mol. The SMILES string of the molecule is COCCN(CCOC)c1cc(C)c(C)cc1C(NS(=O)(=O)c1ccc(C)cc1)c1cccs1. The lowest BCUT2D eigenvalue weighted by molar-refractivity contribution is 0.190. The summed E-state index contributed by atoms with van der Waals surface area (Å²) >= 11 is 1.54. The van der Waals surface area contributed by atoms with Crippen molar-refractivity contribution in [3.05, 3.63) is 81.0 Å². The third-order valence-corrected chi connectivity index (χ3v) is 8.23. The van der Waals surface area contributed by atoms with E-state index >= 15 is 0 Å². The average Bonchev–Trinajstić information content (AvgIpc) is 3.34. The number of rotatable bonds is 12. The van der Waals surface area contributed by atoms with Crippen LogP contribution in [0.5, 0.6) is 0 Å². The minimum atomic E-state index is -3.76. The maximum absolute atomic E-state index is 13.4. The van der Waals surface area contributed by atoms with Gasteiger partial charge in [-0.15, -0.1) is 11.3 Å². The summed E-state index contributed by atoms with van der Waals surface area (Å²) in [5.74, 6) is 0. The Labute approximate surface area is 207 Å². The van der Waals surface area contributed by atoms with Gasteiger partial charge in [0.2, 0.25) is 10.0 Å². The van der Waals surface area contributed by atoms with Crippen LogP contribution >= 0.6 is 11.3 Å². The van der Waals surface area contributed by atoms with Gasteiger partial charge in [0.15, 0.2) is 0 Å². The van der Waals surface area contributed by atoms with Crippen LogP contribution in [0.4, 0.5) is 5.69 Å². The second kappa shape index (κ2) is 12.0. The maximum atomic E-state index is 13.4. The molecule has 0 aliphatic heterocycles. The summed E-state index contributed by atoms with van der Waals surface area (Å²) in [7, 11) is -0.400. The minimum absolute atomic E-state index is 0.251.